The van der Waals surface area contributed by atoms with Gasteiger partial charge in [-0.15, -0.1) is 0 Å². The first-order chi connectivity index (χ1) is 11.6. The molecule has 0 N–H and O–H groups in total. The fourth-order valence-electron chi connectivity index (χ4n) is 4.19. The van der Waals surface area contributed by atoms with Gasteiger partial charge in [-0.25, -0.2) is 4.98 Å². The molecule has 0 amide bonds. The quantitative estimate of drug-likeness (QED) is 0.798. The number of fused-ring (bicyclic) bond motifs is 2. The number of hydrogen-bond donors (Lipinski definition) is 0. The van der Waals surface area contributed by atoms with E-state index >= 15 is 0 Å². The molecule has 24 heavy (non-hydrogen) atoms. The molecule has 124 valence electrons. The van der Waals surface area contributed by atoms with Crippen molar-refractivity contribution in [1.82, 2.24) is 9.55 Å². The molecule has 2 saturated carbocycles. The number of nitrogens with zero attached hydrogens (tertiary/aromatic N) is 2. The molecule has 1 aromatic carbocycles. The first-order valence-corrected chi connectivity index (χ1v) is 8.86. The van der Waals surface area contributed by atoms with E-state index in [0.717, 1.165) is 42.5 Å². The molecule has 2 aliphatic carbocycles. The van der Waals surface area contributed by atoms with Crippen molar-refractivity contribution in [2.75, 3.05) is 0 Å². The van der Waals surface area contributed by atoms with Gasteiger partial charge in [0.2, 0.25) is 0 Å². The Morgan fingerprint density at radius 3 is 2.50 bits per heavy atom. The van der Waals surface area contributed by atoms with Crippen LogP contribution in [0.15, 0.2) is 30.7 Å². The van der Waals surface area contributed by atoms with E-state index in [1.807, 2.05) is 22.8 Å². The normalized spacial score (nSPS) is 26.2. The molecular formula is C19H19ClN2O2. The molecule has 4 rings (SSSR count). The molecule has 0 aliphatic heterocycles. The minimum absolute atomic E-state index is 0.0637. The molecule has 0 saturated heterocycles. The van der Waals surface area contributed by atoms with Crippen molar-refractivity contribution in [3.05, 3.63) is 47.0 Å². The molecule has 5 heteroatoms. The van der Waals surface area contributed by atoms with Crippen LogP contribution in [0.1, 0.15) is 43.2 Å². The Labute approximate surface area is 145 Å². The largest absolute Gasteiger partial charge is 0.305 e. The van der Waals surface area contributed by atoms with Crippen LogP contribution in [-0.2, 0) is 16.0 Å². The predicted octanol–water partition coefficient (Wildman–Crippen LogP) is 3.74. The van der Waals surface area contributed by atoms with Crippen LogP contribution in [0.5, 0.6) is 0 Å². The summed E-state index contributed by atoms with van der Waals surface area (Å²) in [6.45, 7) is 2.05. The highest BCUT2D eigenvalue weighted by Crippen LogP contribution is 2.44. The SMILES string of the molecule is CCc1ccc(-n2cnc(Cl)c2)cc1C1C(=O)C2CCC(C2)C1=O. The maximum Gasteiger partial charge on any atom is 0.150 e. The number of carbonyl (C=O) groups is 2. The molecule has 1 aromatic heterocycles. The van der Waals surface area contributed by atoms with E-state index < -0.39 is 5.92 Å². The van der Waals surface area contributed by atoms with Gasteiger partial charge in [-0.05, 0) is 48.9 Å². The fourth-order valence-corrected chi connectivity index (χ4v) is 4.34. The van der Waals surface area contributed by atoms with Crippen LogP contribution >= 0.6 is 11.6 Å². The number of Topliss-reactive ketones (excluding diaryl/α,β-unsaturated/α-hetero) is 2. The average molecular weight is 343 g/mol. The fraction of sp³-hybridized carbons (Fsp3) is 0.421. The summed E-state index contributed by atoms with van der Waals surface area (Å²) in [4.78, 5) is 29.7. The standard InChI is InChI=1S/C19H19ClN2O2/c1-2-11-5-6-14(22-9-16(20)21-10-22)8-15(11)17-18(23)12-3-4-13(7-12)19(17)24/h5-6,8-10,12-13,17H,2-4,7H2,1H3. The number of rotatable bonds is 3. The van der Waals surface area contributed by atoms with Crippen molar-refractivity contribution in [1.29, 1.82) is 0 Å². The maximum absolute atomic E-state index is 12.9. The second-order valence-corrected chi connectivity index (χ2v) is 7.17. The lowest BCUT2D eigenvalue weighted by molar-refractivity contribution is -0.135. The number of aryl methyl sites for hydroxylation is 1. The van der Waals surface area contributed by atoms with E-state index in [0.29, 0.717) is 5.15 Å². The van der Waals surface area contributed by atoms with Gasteiger partial charge >= 0.3 is 0 Å². The van der Waals surface area contributed by atoms with Gasteiger partial charge in [-0.2, -0.15) is 0 Å². The van der Waals surface area contributed by atoms with E-state index in [1.165, 1.54) is 0 Å². The van der Waals surface area contributed by atoms with Crippen molar-refractivity contribution in [2.24, 2.45) is 11.8 Å². The Balaban J connectivity index is 1.81. The molecule has 1 heterocycles. The molecule has 2 aliphatic rings. The lowest BCUT2D eigenvalue weighted by Gasteiger charge is -2.27. The van der Waals surface area contributed by atoms with Gasteiger partial charge in [-0.3, -0.25) is 9.59 Å². The van der Waals surface area contributed by atoms with E-state index in [1.54, 1.807) is 12.5 Å². The number of ketones is 2. The summed E-state index contributed by atoms with van der Waals surface area (Å²) in [7, 11) is 0. The van der Waals surface area contributed by atoms with Crippen molar-refractivity contribution < 1.29 is 9.59 Å². The molecule has 2 unspecified atom stereocenters. The van der Waals surface area contributed by atoms with Crippen LogP contribution in [0.4, 0.5) is 0 Å². The Bertz CT molecular complexity index is 805. The van der Waals surface area contributed by atoms with Gasteiger partial charge in [0.05, 0.1) is 0 Å². The zero-order valence-electron chi connectivity index (χ0n) is 13.5. The summed E-state index contributed by atoms with van der Waals surface area (Å²) in [5.41, 5.74) is 2.81. The smallest absolute Gasteiger partial charge is 0.150 e. The third kappa shape index (κ3) is 2.40. The molecular weight excluding hydrogens is 324 g/mol. The van der Waals surface area contributed by atoms with Crippen LogP contribution in [0.2, 0.25) is 5.15 Å². The van der Waals surface area contributed by atoms with Crippen molar-refractivity contribution in [3.8, 4) is 5.69 Å². The van der Waals surface area contributed by atoms with Crippen molar-refractivity contribution >= 4 is 23.2 Å². The molecule has 2 bridgehead atoms. The first kappa shape index (κ1) is 15.6. The number of benzene rings is 1. The average Bonchev–Trinajstić information content (AvgIpc) is 3.21. The third-order valence-corrected chi connectivity index (χ3v) is 5.67. The topological polar surface area (TPSA) is 52.0 Å². The Morgan fingerprint density at radius 2 is 1.92 bits per heavy atom. The first-order valence-electron chi connectivity index (χ1n) is 8.48. The van der Waals surface area contributed by atoms with E-state index in [9.17, 15) is 9.59 Å². The monoisotopic (exact) mass is 342 g/mol. The highest BCUT2D eigenvalue weighted by atomic mass is 35.5. The van der Waals surface area contributed by atoms with Crippen molar-refractivity contribution in [3.63, 3.8) is 0 Å². The van der Waals surface area contributed by atoms with Crippen LogP contribution < -0.4 is 0 Å². The van der Waals surface area contributed by atoms with Gasteiger partial charge in [0.1, 0.15) is 17.4 Å². The molecule has 2 aromatic rings. The number of imidazole rings is 1. The summed E-state index contributed by atoms with van der Waals surface area (Å²) in [6.07, 6.45) is 6.65. The highest BCUT2D eigenvalue weighted by molar-refractivity contribution is 6.29. The summed E-state index contributed by atoms with van der Waals surface area (Å²) in [5.74, 6) is -0.235. The summed E-state index contributed by atoms with van der Waals surface area (Å²) in [5, 5.41) is 0.416. The van der Waals surface area contributed by atoms with Crippen LogP contribution in [0.3, 0.4) is 0 Å². The van der Waals surface area contributed by atoms with Crippen LogP contribution in [-0.4, -0.2) is 21.1 Å². The van der Waals surface area contributed by atoms with Gasteiger partial charge in [-0.1, -0.05) is 24.6 Å². The predicted molar refractivity (Wildman–Crippen MR) is 91.5 cm³/mol. The molecule has 2 fully saturated rings. The van der Waals surface area contributed by atoms with Gasteiger partial charge in [0.25, 0.3) is 0 Å². The third-order valence-electron chi connectivity index (χ3n) is 5.48. The minimum Gasteiger partial charge on any atom is -0.305 e. The Hall–Kier alpha value is -1.94. The maximum atomic E-state index is 12.9. The summed E-state index contributed by atoms with van der Waals surface area (Å²) < 4.78 is 1.82. The number of aromatic nitrogens is 2. The number of hydrogen-bond acceptors (Lipinski definition) is 3. The molecule has 0 spiro atoms. The van der Waals surface area contributed by atoms with Crippen molar-refractivity contribution in [2.45, 2.75) is 38.5 Å². The van der Waals surface area contributed by atoms with E-state index in [4.69, 9.17) is 11.6 Å². The molecule has 4 nitrogen and oxygen atoms in total. The van der Waals surface area contributed by atoms with E-state index in [-0.39, 0.29) is 23.4 Å². The molecule has 0 radical (unpaired) electrons. The van der Waals surface area contributed by atoms with Gasteiger partial charge in [0.15, 0.2) is 11.6 Å². The molecule has 2 atom stereocenters. The Morgan fingerprint density at radius 1 is 1.21 bits per heavy atom. The van der Waals surface area contributed by atoms with Gasteiger partial charge < -0.3 is 4.57 Å². The van der Waals surface area contributed by atoms with E-state index in [2.05, 4.69) is 11.9 Å². The highest BCUT2D eigenvalue weighted by Gasteiger charge is 2.47. The Kier molecular flexibility index (Phi) is 3.80. The number of carbonyl (C=O) groups excluding carboxylic acids is 2. The second kappa shape index (κ2) is 5.85. The number of halogens is 1. The minimum atomic E-state index is -0.592. The lowest BCUT2D eigenvalue weighted by atomic mass is 9.74. The zero-order chi connectivity index (χ0) is 16.8. The van der Waals surface area contributed by atoms with Crippen LogP contribution in [0, 0.1) is 11.8 Å². The second-order valence-electron chi connectivity index (χ2n) is 6.78. The van der Waals surface area contributed by atoms with Gasteiger partial charge in [0, 0.05) is 23.7 Å². The summed E-state index contributed by atoms with van der Waals surface area (Å²) >= 11 is 5.91. The van der Waals surface area contributed by atoms with Crippen LogP contribution in [0.25, 0.3) is 5.69 Å². The zero-order valence-corrected chi connectivity index (χ0v) is 14.3. The summed E-state index contributed by atoms with van der Waals surface area (Å²) in [6, 6.07) is 5.95. The lowest BCUT2D eigenvalue weighted by Crippen LogP contribution is -2.35.